The van der Waals surface area contributed by atoms with Crippen molar-refractivity contribution in [1.29, 1.82) is 0 Å². The number of para-hydroxylation sites is 2. The fourth-order valence-electron chi connectivity index (χ4n) is 4.71. The molecule has 0 aromatic heterocycles. The molecule has 0 saturated heterocycles. The van der Waals surface area contributed by atoms with Gasteiger partial charge in [0.15, 0.2) is 0 Å². The molecule has 0 aliphatic rings. The van der Waals surface area contributed by atoms with Crippen LogP contribution in [0.4, 0.5) is 45.5 Å². The summed E-state index contributed by atoms with van der Waals surface area (Å²) in [4.78, 5) is 2.29. The van der Waals surface area contributed by atoms with Crippen LogP contribution < -0.4 is 32.3 Å². The van der Waals surface area contributed by atoms with Crippen molar-refractivity contribution in [1.82, 2.24) is 0 Å². The average Bonchev–Trinajstić information content (AvgIpc) is 3.14. The molecule has 244 valence electrons. The lowest BCUT2D eigenvalue weighted by Crippen LogP contribution is -2.16. The SMILES string of the molecule is C=CCNc1ccc(NCC)cc1.Nc1ccc(N(Cc2ccccc2)c2ccccc2)cc1.Nc1ccc(Nc2ccccc2)cc1. The van der Waals surface area contributed by atoms with E-state index in [0.717, 1.165) is 59.4 Å². The van der Waals surface area contributed by atoms with Gasteiger partial charge in [-0.3, -0.25) is 0 Å². The molecule has 6 aromatic rings. The maximum Gasteiger partial charge on any atom is 0.0481 e. The minimum Gasteiger partial charge on any atom is -0.399 e. The van der Waals surface area contributed by atoms with Gasteiger partial charge in [-0.1, -0.05) is 72.8 Å². The number of nitrogens with zero attached hydrogens (tertiary/aromatic N) is 1. The lowest BCUT2D eigenvalue weighted by atomic mass is 10.1. The minimum absolute atomic E-state index is 0.781. The fraction of sp³-hybridized carbons (Fsp3) is 0.0952. The van der Waals surface area contributed by atoms with Gasteiger partial charge in [0, 0.05) is 65.1 Å². The van der Waals surface area contributed by atoms with Crippen LogP contribution in [0.15, 0.2) is 176 Å². The highest BCUT2D eigenvalue weighted by molar-refractivity contribution is 5.65. The van der Waals surface area contributed by atoms with Crippen LogP contribution in [-0.4, -0.2) is 13.1 Å². The smallest absolute Gasteiger partial charge is 0.0481 e. The maximum atomic E-state index is 5.80. The summed E-state index contributed by atoms with van der Waals surface area (Å²) in [5, 5.41) is 9.74. The first kappa shape index (κ1) is 34.7. The van der Waals surface area contributed by atoms with E-state index in [4.69, 9.17) is 11.5 Å². The van der Waals surface area contributed by atoms with Crippen LogP contribution in [-0.2, 0) is 6.54 Å². The number of hydrogen-bond donors (Lipinski definition) is 5. The van der Waals surface area contributed by atoms with E-state index in [9.17, 15) is 0 Å². The summed E-state index contributed by atoms with van der Waals surface area (Å²) in [5.41, 5.74) is 21.0. The van der Waals surface area contributed by atoms with Crippen LogP contribution in [0.3, 0.4) is 0 Å². The highest BCUT2D eigenvalue weighted by Crippen LogP contribution is 2.28. The third-order valence-electron chi connectivity index (χ3n) is 7.15. The molecule has 0 fully saturated rings. The number of anilines is 8. The summed E-state index contributed by atoms with van der Waals surface area (Å²) in [6.45, 7) is 8.33. The molecule has 7 N–H and O–H groups in total. The van der Waals surface area contributed by atoms with Crippen molar-refractivity contribution >= 4 is 45.5 Å². The summed E-state index contributed by atoms with van der Waals surface area (Å²) in [7, 11) is 0. The molecule has 48 heavy (non-hydrogen) atoms. The Labute approximate surface area is 285 Å². The molecule has 0 saturated carbocycles. The van der Waals surface area contributed by atoms with Crippen LogP contribution in [0.1, 0.15) is 12.5 Å². The molecule has 0 spiro atoms. The van der Waals surface area contributed by atoms with Gasteiger partial charge in [-0.2, -0.15) is 0 Å². The third-order valence-corrected chi connectivity index (χ3v) is 7.15. The second-order valence-electron chi connectivity index (χ2n) is 10.9. The molecule has 0 bridgehead atoms. The van der Waals surface area contributed by atoms with Gasteiger partial charge in [-0.05, 0) is 110 Å². The monoisotopic (exact) mass is 634 g/mol. The minimum atomic E-state index is 0.781. The summed E-state index contributed by atoms with van der Waals surface area (Å²) >= 11 is 0. The molecule has 6 nitrogen and oxygen atoms in total. The lowest BCUT2D eigenvalue weighted by Gasteiger charge is -2.25. The summed E-state index contributed by atoms with van der Waals surface area (Å²) < 4.78 is 0. The van der Waals surface area contributed by atoms with Crippen molar-refractivity contribution in [2.45, 2.75) is 13.5 Å². The van der Waals surface area contributed by atoms with Crippen molar-refractivity contribution in [2.24, 2.45) is 0 Å². The number of nitrogens with two attached hydrogens (primary N) is 2. The first-order chi connectivity index (χ1) is 23.5. The number of hydrogen-bond acceptors (Lipinski definition) is 6. The molecule has 6 heteroatoms. The van der Waals surface area contributed by atoms with Crippen LogP contribution in [0, 0.1) is 0 Å². The summed E-state index contributed by atoms with van der Waals surface area (Å²) in [6, 6.07) is 54.8. The number of rotatable bonds is 11. The zero-order valence-electron chi connectivity index (χ0n) is 27.6. The van der Waals surface area contributed by atoms with Crippen molar-refractivity contribution in [3.05, 3.63) is 182 Å². The molecule has 0 heterocycles. The molecule has 6 rings (SSSR count). The quantitative estimate of drug-likeness (QED) is 0.0720. The standard InChI is InChI=1S/C19H18N2.C12H12N2.C11H16N2/c20-17-11-13-19(14-12-17)21(18-9-5-2-6-10-18)15-16-7-3-1-4-8-16;13-10-6-8-12(9-7-10)14-11-4-2-1-3-5-11;1-3-9-13-11-7-5-10(6-8-11)12-4-2/h1-14H,15,20H2;1-9,14H,13H2;3,5-8,12-13H,1,4,9H2,2H3. The van der Waals surface area contributed by atoms with Crippen molar-refractivity contribution in [3.63, 3.8) is 0 Å². The Morgan fingerprint density at radius 3 is 1.50 bits per heavy atom. The van der Waals surface area contributed by atoms with Crippen LogP contribution in [0.5, 0.6) is 0 Å². The molecule has 0 aliphatic heterocycles. The van der Waals surface area contributed by atoms with E-state index in [1.807, 2.05) is 84.9 Å². The predicted molar refractivity (Wildman–Crippen MR) is 209 cm³/mol. The first-order valence-electron chi connectivity index (χ1n) is 16.1. The average molecular weight is 635 g/mol. The van der Waals surface area contributed by atoms with E-state index in [2.05, 4.69) is 119 Å². The molecule has 6 aromatic carbocycles. The highest BCUT2D eigenvalue weighted by Gasteiger charge is 2.09. The Morgan fingerprint density at radius 1 is 0.521 bits per heavy atom. The van der Waals surface area contributed by atoms with Gasteiger partial charge in [-0.25, -0.2) is 0 Å². The predicted octanol–water partition coefficient (Wildman–Crippen LogP) is 10.3. The molecular weight excluding hydrogens is 589 g/mol. The van der Waals surface area contributed by atoms with E-state index in [-0.39, 0.29) is 0 Å². The van der Waals surface area contributed by atoms with Crippen molar-refractivity contribution < 1.29 is 0 Å². The van der Waals surface area contributed by atoms with Gasteiger partial charge in [0.05, 0.1) is 0 Å². The molecule has 0 radical (unpaired) electrons. The fourth-order valence-corrected chi connectivity index (χ4v) is 4.71. The molecule has 0 unspecified atom stereocenters. The second kappa shape index (κ2) is 19.4. The summed E-state index contributed by atoms with van der Waals surface area (Å²) in [5.74, 6) is 0. The number of benzene rings is 6. The Balaban J connectivity index is 0.000000170. The van der Waals surface area contributed by atoms with E-state index in [1.54, 1.807) is 0 Å². The van der Waals surface area contributed by atoms with Crippen LogP contribution in [0.2, 0.25) is 0 Å². The Kier molecular flexibility index (Phi) is 14.0. The normalized spacial score (nSPS) is 9.85. The Bertz CT molecular complexity index is 1720. The first-order valence-corrected chi connectivity index (χ1v) is 16.1. The number of nitrogen functional groups attached to an aromatic ring is 2. The van der Waals surface area contributed by atoms with E-state index >= 15 is 0 Å². The summed E-state index contributed by atoms with van der Waals surface area (Å²) in [6.07, 6.45) is 1.85. The lowest BCUT2D eigenvalue weighted by molar-refractivity contribution is 0.976. The van der Waals surface area contributed by atoms with Crippen molar-refractivity contribution in [3.8, 4) is 0 Å². The van der Waals surface area contributed by atoms with Gasteiger partial charge in [-0.15, -0.1) is 6.58 Å². The molecular formula is C42H46N6. The van der Waals surface area contributed by atoms with Gasteiger partial charge >= 0.3 is 0 Å². The topological polar surface area (TPSA) is 91.4 Å². The van der Waals surface area contributed by atoms with Gasteiger partial charge in [0.2, 0.25) is 0 Å². The van der Waals surface area contributed by atoms with Gasteiger partial charge in [0.25, 0.3) is 0 Å². The largest absolute Gasteiger partial charge is 0.399 e. The van der Waals surface area contributed by atoms with Crippen LogP contribution in [0.25, 0.3) is 0 Å². The van der Waals surface area contributed by atoms with Crippen LogP contribution >= 0.6 is 0 Å². The van der Waals surface area contributed by atoms with Gasteiger partial charge in [0.1, 0.15) is 0 Å². The van der Waals surface area contributed by atoms with Gasteiger partial charge < -0.3 is 32.3 Å². The van der Waals surface area contributed by atoms with E-state index < -0.39 is 0 Å². The zero-order chi connectivity index (χ0) is 33.8. The highest BCUT2D eigenvalue weighted by atomic mass is 15.1. The van der Waals surface area contributed by atoms with E-state index in [0.29, 0.717) is 0 Å². The molecule has 0 atom stereocenters. The van der Waals surface area contributed by atoms with E-state index in [1.165, 1.54) is 11.3 Å². The number of nitrogens with one attached hydrogen (secondary N) is 3. The Hall–Kier alpha value is -6.14. The molecule has 0 aliphatic carbocycles. The zero-order valence-corrected chi connectivity index (χ0v) is 27.6. The molecule has 0 amide bonds. The maximum absolute atomic E-state index is 5.80. The Morgan fingerprint density at radius 2 is 0.958 bits per heavy atom. The third kappa shape index (κ3) is 12.0. The van der Waals surface area contributed by atoms with Crippen molar-refractivity contribution in [2.75, 3.05) is 45.4 Å². The second-order valence-corrected chi connectivity index (χ2v) is 10.9.